The van der Waals surface area contributed by atoms with E-state index in [2.05, 4.69) is 5.32 Å². The second-order valence-corrected chi connectivity index (χ2v) is 6.49. The number of rotatable bonds is 6. The minimum atomic E-state index is -4.44. The Hall–Kier alpha value is -3.68. The number of ether oxygens (including phenoxy) is 3. The van der Waals surface area contributed by atoms with Gasteiger partial charge in [-0.1, -0.05) is 12.1 Å². The summed E-state index contributed by atoms with van der Waals surface area (Å²) in [7, 11) is 4.54. The molecule has 0 aliphatic carbocycles. The van der Waals surface area contributed by atoms with Crippen LogP contribution < -0.4 is 19.5 Å². The number of hydrogen-bond donors (Lipinski definition) is 1. The first-order chi connectivity index (χ1) is 14.8. The Morgan fingerprint density at radius 1 is 0.806 bits per heavy atom. The highest BCUT2D eigenvalue weighted by molar-refractivity contribution is 6.05. The smallest absolute Gasteiger partial charge is 0.416 e. The molecule has 3 aromatic rings. The molecule has 31 heavy (non-hydrogen) atoms. The summed E-state index contributed by atoms with van der Waals surface area (Å²) >= 11 is 0. The summed E-state index contributed by atoms with van der Waals surface area (Å²) in [6, 6.07) is 14.4. The summed E-state index contributed by atoms with van der Waals surface area (Å²) in [6.07, 6.45) is -4.44. The number of hydrogen-bond acceptors (Lipinski definition) is 4. The second kappa shape index (κ2) is 8.99. The maximum Gasteiger partial charge on any atom is 0.416 e. The number of para-hydroxylation sites is 1. The van der Waals surface area contributed by atoms with E-state index in [9.17, 15) is 18.0 Å². The van der Waals surface area contributed by atoms with E-state index >= 15 is 0 Å². The molecule has 3 rings (SSSR count). The highest BCUT2D eigenvalue weighted by atomic mass is 19.4. The van der Waals surface area contributed by atoms with Gasteiger partial charge in [-0.3, -0.25) is 4.79 Å². The summed E-state index contributed by atoms with van der Waals surface area (Å²) in [5.41, 5.74) is 0.999. The van der Waals surface area contributed by atoms with Gasteiger partial charge in [0.05, 0.1) is 26.9 Å². The first-order valence-electron chi connectivity index (χ1n) is 9.16. The van der Waals surface area contributed by atoms with E-state index in [0.29, 0.717) is 33.9 Å². The van der Waals surface area contributed by atoms with Crippen molar-refractivity contribution in [2.75, 3.05) is 26.6 Å². The average molecular weight is 431 g/mol. The number of carbonyl (C=O) groups excluding carboxylic acids is 1. The molecule has 0 saturated heterocycles. The van der Waals surface area contributed by atoms with Gasteiger partial charge in [0.15, 0.2) is 11.5 Å². The highest BCUT2D eigenvalue weighted by Gasteiger charge is 2.30. The van der Waals surface area contributed by atoms with Crippen LogP contribution in [-0.2, 0) is 6.18 Å². The summed E-state index contributed by atoms with van der Waals surface area (Å²) in [5.74, 6) is 1.02. The van der Waals surface area contributed by atoms with Crippen molar-refractivity contribution in [3.8, 4) is 28.4 Å². The standard InChI is InChI=1S/C23H20F3NO4/c1-29-19-12-7-14(13-18(19)17-5-4-6-20(30-2)21(17)31-3)22(28)27-16-10-8-15(9-11-16)23(24,25)26/h4-13H,1-3H3,(H,27,28). The first kappa shape index (κ1) is 22.0. The lowest BCUT2D eigenvalue weighted by molar-refractivity contribution is -0.137. The number of anilines is 1. The molecule has 0 spiro atoms. The van der Waals surface area contributed by atoms with Crippen LogP contribution >= 0.6 is 0 Å². The fourth-order valence-corrected chi connectivity index (χ4v) is 3.10. The van der Waals surface area contributed by atoms with Crippen LogP contribution in [0.25, 0.3) is 11.1 Å². The Labute approximate surface area is 177 Å². The Morgan fingerprint density at radius 3 is 2.06 bits per heavy atom. The SMILES string of the molecule is COc1ccc(C(=O)Nc2ccc(C(F)(F)F)cc2)cc1-c1cccc(OC)c1OC. The summed E-state index contributed by atoms with van der Waals surface area (Å²) < 4.78 is 54.4. The fraction of sp³-hybridized carbons (Fsp3) is 0.174. The van der Waals surface area contributed by atoms with E-state index in [1.807, 2.05) is 0 Å². The van der Waals surface area contributed by atoms with Crippen molar-refractivity contribution < 1.29 is 32.2 Å². The van der Waals surface area contributed by atoms with Gasteiger partial charge >= 0.3 is 6.18 Å². The molecule has 5 nitrogen and oxygen atoms in total. The molecule has 1 amide bonds. The van der Waals surface area contributed by atoms with Gasteiger partial charge in [-0.15, -0.1) is 0 Å². The lowest BCUT2D eigenvalue weighted by Crippen LogP contribution is -2.12. The molecule has 3 aromatic carbocycles. The molecule has 0 heterocycles. The van der Waals surface area contributed by atoms with Gasteiger partial charge in [0.2, 0.25) is 0 Å². The van der Waals surface area contributed by atoms with Crippen LogP contribution in [0.15, 0.2) is 60.7 Å². The number of nitrogens with one attached hydrogen (secondary N) is 1. The van der Waals surface area contributed by atoms with E-state index in [0.717, 1.165) is 12.1 Å². The number of methoxy groups -OCH3 is 3. The van der Waals surface area contributed by atoms with Gasteiger partial charge in [0.1, 0.15) is 5.75 Å². The van der Waals surface area contributed by atoms with Gasteiger partial charge in [0.25, 0.3) is 5.91 Å². The van der Waals surface area contributed by atoms with Crippen LogP contribution in [0, 0.1) is 0 Å². The van der Waals surface area contributed by atoms with Gasteiger partial charge in [-0.25, -0.2) is 0 Å². The van der Waals surface area contributed by atoms with Crippen molar-refractivity contribution in [2.45, 2.75) is 6.18 Å². The predicted octanol–water partition coefficient (Wildman–Crippen LogP) is 5.65. The Morgan fingerprint density at radius 2 is 1.48 bits per heavy atom. The van der Waals surface area contributed by atoms with Crippen molar-refractivity contribution >= 4 is 11.6 Å². The molecule has 0 radical (unpaired) electrons. The molecule has 0 fully saturated rings. The molecule has 0 aliphatic heterocycles. The van der Waals surface area contributed by atoms with Gasteiger partial charge < -0.3 is 19.5 Å². The van der Waals surface area contributed by atoms with E-state index in [4.69, 9.17) is 14.2 Å². The molecule has 0 unspecified atom stereocenters. The Kier molecular flexibility index (Phi) is 6.39. The third kappa shape index (κ3) is 4.74. The molecule has 1 N–H and O–H groups in total. The van der Waals surface area contributed by atoms with E-state index in [-0.39, 0.29) is 5.69 Å². The quantitative estimate of drug-likeness (QED) is 0.548. The first-order valence-corrected chi connectivity index (χ1v) is 9.16. The average Bonchev–Trinajstić information content (AvgIpc) is 2.77. The largest absolute Gasteiger partial charge is 0.496 e. The van der Waals surface area contributed by atoms with Gasteiger partial charge in [0, 0.05) is 22.4 Å². The predicted molar refractivity (Wildman–Crippen MR) is 111 cm³/mol. The molecule has 0 aliphatic rings. The van der Waals surface area contributed by atoms with Gasteiger partial charge in [-0.2, -0.15) is 13.2 Å². The fourth-order valence-electron chi connectivity index (χ4n) is 3.10. The number of alkyl halides is 3. The van der Waals surface area contributed by atoms with Crippen LogP contribution in [0.1, 0.15) is 15.9 Å². The Balaban J connectivity index is 1.95. The minimum absolute atomic E-state index is 0.245. The number of amides is 1. The van der Waals surface area contributed by atoms with E-state index in [1.54, 1.807) is 36.4 Å². The second-order valence-electron chi connectivity index (χ2n) is 6.49. The van der Waals surface area contributed by atoms with E-state index in [1.165, 1.54) is 33.5 Å². The van der Waals surface area contributed by atoms with Gasteiger partial charge in [-0.05, 0) is 48.5 Å². The zero-order chi connectivity index (χ0) is 22.6. The summed E-state index contributed by atoms with van der Waals surface area (Å²) in [5, 5.41) is 2.60. The molecule has 0 aromatic heterocycles. The van der Waals surface area contributed by atoms with Crippen LogP contribution in [-0.4, -0.2) is 27.2 Å². The maximum atomic E-state index is 12.7. The van der Waals surface area contributed by atoms with E-state index < -0.39 is 17.6 Å². The normalized spacial score (nSPS) is 11.0. The molecule has 8 heteroatoms. The van der Waals surface area contributed by atoms with Crippen molar-refractivity contribution in [1.29, 1.82) is 0 Å². The zero-order valence-electron chi connectivity index (χ0n) is 17.0. The topological polar surface area (TPSA) is 56.8 Å². The minimum Gasteiger partial charge on any atom is -0.496 e. The Bertz CT molecular complexity index is 1080. The molecular weight excluding hydrogens is 411 g/mol. The molecule has 0 saturated carbocycles. The van der Waals surface area contributed by atoms with Crippen LogP contribution in [0.4, 0.5) is 18.9 Å². The zero-order valence-corrected chi connectivity index (χ0v) is 17.0. The number of carbonyl (C=O) groups is 1. The van der Waals surface area contributed by atoms with Crippen molar-refractivity contribution in [1.82, 2.24) is 0 Å². The van der Waals surface area contributed by atoms with Crippen molar-refractivity contribution in [3.05, 3.63) is 71.8 Å². The third-order valence-corrected chi connectivity index (χ3v) is 4.62. The molecular formula is C23H20F3NO4. The lowest BCUT2D eigenvalue weighted by atomic mass is 10.00. The number of halogens is 3. The van der Waals surface area contributed by atoms with Crippen LogP contribution in [0.2, 0.25) is 0 Å². The van der Waals surface area contributed by atoms with Crippen LogP contribution in [0.3, 0.4) is 0 Å². The molecule has 0 bridgehead atoms. The summed E-state index contributed by atoms with van der Waals surface area (Å²) in [6.45, 7) is 0. The van der Waals surface area contributed by atoms with Crippen molar-refractivity contribution in [2.24, 2.45) is 0 Å². The number of benzene rings is 3. The maximum absolute atomic E-state index is 12.7. The van der Waals surface area contributed by atoms with Crippen LogP contribution in [0.5, 0.6) is 17.2 Å². The van der Waals surface area contributed by atoms with Crippen molar-refractivity contribution in [3.63, 3.8) is 0 Å². The highest BCUT2D eigenvalue weighted by Crippen LogP contribution is 2.42. The lowest BCUT2D eigenvalue weighted by Gasteiger charge is -2.16. The monoisotopic (exact) mass is 431 g/mol. The molecule has 0 atom stereocenters. The third-order valence-electron chi connectivity index (χ3n) is 4.62. The summed E-state index contributed by atoms with van der Waals surface area (Å²) in [4.78, 5) is 12.7. The molecule has 162 valence electrons.